The van der Waals surface area contributed by atoms with Crippen molar-refractivity contribution in [3.63, 3.8) is 0 Å². The number of amides is 1. The normalized spacial score (nSPS) is 16.9. The summed E-state index contributed by atoms with van der Waals surface area (Å²) >= 11 is 0. The molecule has 0 spiro atoms. The van der Waals surface area contributed by atoms with Crippen LogP contribution in [0.15, 0.2) is 48.5 Å². The van der Waals surface area contributed by atoms with Crippen LogP contribution in [0.5, 0.6) is 0 Å². The summed E-state index contributed by atoms with van der Waals surface area (Å²) in [5, 5.41) is 10.9. The number of hydrogen-bond donors (Lipinski definition) is 0. The number of carbonyl (C=O) groups excluding carboxylic acids is 2. The van der Waals surface area contributed by atoms with Crippen molar-refractivity contribution in [2.45, 2.75) is 12.8 Å². The smallest absolute Gasteiger partial charge is 0.270 e. The van der Waals surface area contributed by atoms with Gasteiger partial charge in [0.1, 0.15) is 0 Å². The van der Waals surface area contributed by atoms with E-state index in [1.807, 2.05) is 18.2 Å². The average molecular weight is 334 g/mol. The van der Waals surface area contributed by atoms with Crippen LogP contribution >= 0.6 is 0 Å². The minimum Gasteiger partial charge on any atom is -0.307 e. The van der Waals surface area contributed by atoms with E-state index in [0.29, 0.717) is 12.1 Å². The Morgan fingerprint density at radius 2 is 2.00 bits per heavy atom. The number of benzene rings is 2. The van der Waals surface area contributed by atoms with Crippen molar-refractivity contribution < 1.29 is 14.5 Å². The molecule has 2 aliphatic rings. The quantitative estimate of drug-likeness (QED) is 0.374. The van der Waals surface area contributed by atoms with Gasteiger partial charge in [-0.15, -0.1) is 0 Å². The number of nitro benzene ring substituents is 1. The molecule has 2 heterocycles. The summed E-state index contributed by atoms with van der Waals surface area (Å²) in [7, 11) is 0. The molecule has 0 aromatic heterocycles. The van der Waals surface area contributed by atoms with Gasteiger partial charge in [0.25, 0.3) is 11.6 Å². The van der Waals surface area contributed by atoms with E-state index in [0.717, 1.165) is 29.7 Å². The molecule has 2 aromatic rings. The molecule has 0 aliphatic carbocycles. The fourth-order valence-electron chi connectivity index (χ4n) is 3.46. The van der Waals surface area contributed by atoms with Crippen molar-refractivity contribution in [3.05, 3.63) is 75.3 Å². The maximum absolute atomic E-state index is 12.7. The van der Waals surface area contributed by atoms with E-state index in [1.54, 1.807) is 4.90 Å². The SMILES string of the molecule is O=C(/C=C1\C(=O)N2CCCc3cccc1c32)c1cccc([N+](=O)[O-])c1. The zero-order valence-electron chi connectivity index (χ0n) is 13.3. The van der Waals surface area contributed by atoms with Gasteiger partial charge < -0.3 is 4.90 Å². The van der Waals surface area contributed by atoms with Crippen LogP contribution in [-0.2, 0) is 11.2 Å². The molecule has 0 N–H and O–H groups in total. The van der Waals surface area contributed by atoms with Gasteiger partial charge in [0.05, 0.1) is 16.2 Å². The van der Waals surface area contributed by atoms with Crippen LogP contribution in [-0.4, -0.2) is 23.2 Å². The van der Waals surface area contributed by atoms with Crippen LogP contribution in [0.1, 0.15) is 27.9 Å². The second kappa shape index (κ2) is 5.66. The number of carbonyl (C=O) groups is 2. The topological polar surface area (TPSA) is 80.5 Å². The summed E-state index contributed by atoms with van der Waals surface area (Å²) in [6.45, 7) is 0.644. The van der Waals surface area contributed by atoms with E-state index in [2.05, 4.69) is 0 Å². The Hall–Kier alpha value is -3.28. The zero-order chi connectivity index (χ0) is 17.6. The number of allylic oxidation sites excluding steroid dienone is 1. The molecule has 0 fully saturated rings. The highest BCUT2D eigenvalue weighted by Crippen LogP contribution is 2.42. The van der Waals surface area contributed by atoms with Crippen LogP contribution in [0.3, 0.4) is 0 Å². The van der Waals surface area contributed by atoms with Crippen molar-refractivity contribution in [1.29, 1.82) is 0 Å². The Balaban J connectivity index is 1.77. The molecule has 4 rings (SSSR count). The molecule has 6 heteroatoms. The third kappa shape index (κ3) is 2.42. The standard InChI is InChI=1S/C19H14N2O4/c22-17(13-5-1-7-14(10-13)21(24)25)11-16-15-8-2-4-12-6-3-9-20(18(12)15)19(16)23/h1-2,4-5,7-8,10-11H,3,6,9H2/b16-11-. The minimum atomic E-state index is -0.545. The molecule has 124 valence electrons. The molecular weight excluding hydrogens is 320 g/mol. The van der Waals surface area contributed by atoms with Gasteiger partial charge in [-0.2, -0.15) is 0 Å². The van der Waals surface area contributed by atoms with Crippen molar-refractivity contribution in [1.82, 2.24) is 0 Å². The maximum atomic E-state index is 12.7. The third-order valence-electron chi connectivity index (χ3n) is 4.60. The second-order valence-electron chi connectivity index (χ2n) is 6.10. The van der Waals surface area contributed by atoms with Gasteiger partial charge in [-0.3, -0.25) is 19.7 Å². The summed E-state index contributed by atoms with van der Waals surface area (Å²) in [6.07, 6.45) is 3.11. The van der Waals surface area contributed by atoms with E-state index in [9.17, 15) is 19.7 Å². The van der Waals surface area contributed by atoms with Crippen LogP contribution in [0.2, 0.25) is 0 Å². The molecule has 6 nitrogen and oxygen atoms in total. The molecule has 0 radical (unpaired) electrons. The molecule has 2 aliphatic heterocycles. The minimum absolute atomic E-state index is 0.149. The summed E-state index contributed by atoms with van der Waals surface area (Å²) in [4.78, 5) is 37.3. The van der Waals surface area contributed by atoms with Crippen LogP contribution < -0.4 is 4.90 Å². The Morgan fingerprint density at radius 3 is 2.80 bits per heavy atom. The number of rotatable bonds is 3. The molecule has 0 bridgehead atoms. The lowest BCUT2D eigenvalue weighted by Gasteiger charge is -2.24. The van der Waals surface area contributed by atoms with Gasteiger partial charge in [-0.1, -0.05) is 30.3 Å². The first-order valence-corrected chi connectivity index (χ1v) is 8.01. The highest BCUT2D eigenvalue weighted by atomic mass is 16.6. The van der Waals surface area contributed by atoms with Crippen molar-refractivity contribution in [2.75, 3.05) is 11.4 Å². The molecular formula is C19H14N2O4. The fourth-order valence-corrected chi connectivity index (χ4v) is 3.46. The third-order valence-corrected chi connectivity index (χ3v) is 4.60. The van der Waals surface area contributed by atoms with Gasteiger partial charge in [0.15, 0.2) is 5.78 Å². The summed E-state index contributed by atoms with van der Waals surface area (Å²) in [5.41, 5.74) is 3.18. The first kappa shape index (κ1) is 15.3. The number of ketones is 1. The fraction of sp³-hybridized carbons (Fsp3) is 0.158. The number of nitrogens with zero attached hydrogens (tertiary/aromatic N) is 2. The summed E-state index contributed by atoms with van der Waals surface area (Å²) < 4.78 is 0. The Bertz CT molecular complexity index is 962. The lowest BCUT2D eigenvalue weighted by molar-refractivity contribution is -0.384. The van der Waals surface area contributed by atoms with Gasteiger partial charge in [-0.25, -0.2) is 0 Å². The van der Waals surface area contributed by atoms with Crippen molar-refractivity contribution >= 4 is 28.6 Å². The van der Waals surface area contributed by atoms with E-state index in [-0.39, 0.29) is 17.2 Å². The predicted octanol–water partition coefficient (Wildman–Crippen LogP) is 3.15. The Labute approximate surface area is 143 Å². The maximum Gasteiger partial charge on any atom is 0.270 e. The average Bonchev–Trinajstić information content (AvgIpc) is 2.90. The highest BCUT2D eigenvalue weighted by molar-refractivity contribution is 6.36. The number of non-ortho nitro benzene ring substituents is 1. The molecule has 0 saturated heterocycles. The zero-order valence-corrected chi connectivity index (χ0v) is 13.3. The number of para-hydroxylation sites is 1. The van der Waals surface area contributed by atoms with Crippen molar-refractivity contribution in [2.24, 2.45) is 0 Å². The summed E-state index contributed by atoms with van der Waals surface area (Å²) in [5.74, 6) is -0.592. The summed E-state index contributed by atoms with van der Waals surface area (Å²) in [6, 6.07) is 11.3. The van der Waals surface area contributed by atoms with Crippen LogP contribution in [0.25, 0.3) is 5.57 Å². The van der Waals surface area contributed by atoms with Gasteiger partial charge >= 0.3 is 0 Å². The van der Waals surface area contributed by atoms with Crippen LogP contribution in [0, 0.1) is 10.1 Å². The lowest BCUT2D eigenvalue weighted by Crippen LogP contribution is -2.31. The van der Waals surface area contributed by atoms with Gasteiger partial charge in [0, 0.05) is 29.8 Å². The molecule has 25 heavy (non-hydrogen) atoms. The van der Waals surface area contributed by atoms with Gasteiger partial charge in [0.2, 0.25) is 0 Å². The number of nitro groups is 1. The Kier molecular flexibility index (Phi) is 3.46. The first-order valence-electron chi connectivity index (χ1n) is 8.01. The highest BCUT2D eigenvalue weighted by Gasteiger charge is 2.36. The predicted molar refractivity (Wildman–Crippen MR) is 92.5 cm³/mol. The van der Waals surface area contributed by atoms with E-state index in [1.165, 1.54) is 30.3 Å². The molecule has 1 amide bonds. The second-order valence-corrected chi connectivity index (χ2v) is 6.10. The number of anilines is 1. The van der Waals surface area contributed by atoms with Gasteiger partial charge in [-0.05, 0) is 24.5 Å². The molecule has 0 saturated carbocycles. The largest absolute Gasteiger partial charge is 0.307 e. The lowest BCUT2D eigenvalue weighted by atomic mass is 9.98. The number of aryl methyl sites for hydroxylation is 1. The van der Waals surface area contributed by atoms with Crippen LogP contribution in [0.4, 0.5) is 11.4 Å². The Morgan fingerprint density at radius 1 is 1.20 bits per heavy atom. The molecule has 2 aromatic carbocycles. The number of hydrogen-bond acceptors (Lipinski definition) is 4. The van der Waals surface area contributed by atoms with E-state index >= 15 is 0 Å². The monoisotopic (exact) mass is 334 g/mol. The first-order chi connectivity index (χ1) is 12.1. The van der Waals surface area contributed by atoms with E-state index in [4.69, 9.17) is 0 Å². The van der Waals surface area contributed by atoms with Crippen molar-refractivity contribution in [3.8, 4) is 0 Å². The molecule has 0 atom stereocenters. The van der Waals surface area contributed by atoms with E-state index < -0.39 is 10.7 Å². The molecule has 0 unspecified atom stereocenters.